The summed E-state index contributed by atoms with van der Waals surface area (Å²) in [5.74, 6) is 0.602. The number of anilines is 1. The zero-order valence-corrected chi connectivity index (χ0v) is 14.5. The molecule has 1 aliphatic rings. The molecule has 2 aromatic heterocycles. The van der Waals surface area contributed by atoms with E-state index in [0.29, 0.717) is 28.6 Å². The molecule has 1 amide bonds. The van der Waals surface area contributed by atoms with Crippen LogP contribution in [-0.4, -0.2) is 42.1 Å². The van der Waals surface area contributed by atoms with Gasteiger partial charge < -0.3 is 19.4 Å². The first-order valence-electron chi connectivity index (χ1n) is 8.64. The summed E-state index contributed by atoms with van der Waals surface area (Å²) in [7, 11) is 1.59. The number of amides is 1. The van der Waals surface area contributed by atoms with Crippen LogP contribution < -0.4 is 15.0 Å². The monoisotopic (exact) mass is 352 g/mol. The fraction of sp³-hybridized carbons (Fsp3) is 0.316. The lowest BCUT2D eigenvalue weighted by molar-refractivity contribution is 0.0930. The van der Waals surface area contributed by atoms with Crippen molar-refractivity contribution < 1.29 is 13.9 Å². The van der Waals surface area contributed by atoms with Gasteiger partial charge in [-0.05, 0) is 43.2 Å². The van der Waals surface area contributed by atoms with E-state index in [-0.39, 0.29) is 11.9 Å². The summed E-state index contributed by atoms with van der Waals surface area (Å²) in [5, 5.41) is 3.10. The zero-order chi connectivity index (χ0) is 17.9. The Labute approximate surface area is 151 Å². The summed E-state index contributed by atoms with van der Waals surface area (Å²) in [6, 6.07) is 11.6. The van der Waals surface area contributed by atoms with Crippen molar-refractivity contribution in [2.45, 2.75) is 18.9 Å². The molecular weight excluding hydrogens is 332 g/mol. The summed E-state index contributed by atoms with van der Waals surface area (Å²) >= 11 is 0. The van der Waals surface area contributed by atoms with Crippen LogP contribution in [0.2, 0.25) is 0 Å². The molecule has 0 unspecified atom stereocenters. The fourth-order valence-corrected chi connectivity index (χ4v) is 3.14. The second kappa shape index (κ2) is 7.03. The van der Waals surface area contributed by atoms with Crippen molar-refractivity contribution in [3.8, 4) is 5.75 Å². The molecule has 0 radical (unpaired) electrons. The fourth-order valence-electron chi connectivity index (χ4n) is 3.14. The van der Waals surface area contributed by atoms with Gasteiger partial charge in [0.15, 0.2) is 5.58 Å². The van der Waals surface area contributed by atoms with E-state index in [0.717, 1.165) is 25.9 Å². The third-order valence-electron chi connectivity index (χ3n) is 4.59. The number of pyridine rings is 1. The van der Waals surface area contributed by atoms with Crippen molar-refractivity contribution in [1.29, 1.82) is 0 Å². The number of nitrogens with zero attached hydrogens (tertiary/aromatic N) is 3. The van der Waals surface area contributed by atoms with Gasteiger partial charge in [0.05, 0.1) is 7.11 Å². The lowest BCUT2D eigenvalue weighted by Gasteiger charge is -2.31. The van der Waals surface area contributed by atoms with Gasteiger partial charge in [0.25, 0.3) is 11.9 Å². The maximum atomic E-state index is 12.4. The molecule has 7 nitrogen and oxygen atoms in total. The molecule has 7 heteroatoms. The number of hydrogen-bond donors (Lipinski definition) is 1. The Morgan fingerprint density at radius 2 is 2.12 bits per heavy atom. The molecule has 3 aromatic rings. The van der Waals surface area contributed by atoms with Gasteiger partial charge in [-0.2, -0.15) is 4.98 Å². The van der Waals surface area contributed by atoms with E-state index >= 15 is 0 Å². The van der Waals surface area contributed by atoms with Gasteiger partial charge in [-0.3, -0.25) is 4.79 Å². The van der Waals surface area contributed by atoms with E-state index in [4.69, 9.17) is 9.15 Å². The van der Waals surface area contributed by atoms with Gasteiger partial charge in [0, 0.05) is 30.9 Å². The normalized spacial score (nSPS) is 15.2. The Hall–Kier alpha value is -3.09. The molecule has 0 atom stereocenters. The minimum atomic E-state index is -0.0755. The van der Waals surface area contributed by atoms with Crippen LogP contribution in [0.5, 0.6) is 5.75 Å². The van der Waals surface area contributed by atoms with Crippen LogP contribution in [-0.2, 0) is 0 Å². The highest BCUT2D eigenvalue weighted by atomic mass is 16.5. The SMILES string of the molecule is COc1cccc(C(=O)NC2CCN(c3nc4ncccc4o3)CC2)c1. The lowest BCUT2D eigenvalue weighted by Crippen LogP contribution is -2.44. The number of hydrogen-bond acceptors (Lipinski definition) is 6. The smallest absolute Gasteiger partial charge is 0.299 e. The van der Waals surface area contributed by atoms with Crippen LogP contribution in [0.15, 0.2) is 47.0 Å². The minimum Gasteiger partial charge on any atom is -0.497 e. The number of piperidine rings is 1. The Kier molecular flexibility index (Phi) is 4.43. The Morgan fingerprint density at radius 1 is 1.27 bits per heavy atom. The van der Waals surface area contributed by atoms with E-state index < -0.39 is 0 Å². The van der Waals surface area contributed by atoms with E-state index in [9.17, 15) is 4.79 Å². The van der Waals surface area contributed by atoms with Crippen molar-refractivity contribution in [3.05, 3.63) is 48.2 Å². The molecule has 0 saturated carbocycles. The number of carbonyl (C=O) groups excluding carboxylic acids is 1. The quantitative estimate of drug-likeness (QED) is 0.777. The number of nitrogens with one attached hydrogen (secondary N) is 1. The number of fused-ring (bicyclic) bond motifs is 1. The average Bonchev–Trinajstić information content (AvgIpc) is 3.13. The van der Waals surface area contributed by atoms with Crippen LogP contribution in [0.1, 0.15) is 23.2 Å². The molecule has 1 N–H and O–H groups in total. The average molecular weight is 352 g/mol. The molecule has 1 fully saturated rings. The molecule has 3 heterocycles. The minimum absolute atomic E-state index is 0.0755. The van der Waals surface area contributed by atoms with Gasteiger partial charge in [0.1, 0.15) is 5.75 Å². The second-order valence-corrected chi connectivity index (χ2v) is 6.29. The predicted molar refractivity (Wildman–Crippen MR) is 97.5 cm³/mol. The predicted octanol–water partition coefficient (Wildman–Crippen LogP) is 2.63. The molecule has 1 aromatic carbocycles. The van der Waals surface area contributed by atoms with E-state index in [2.05, 4.69) is 20.2 Å². The summed E-state index contributed by atoms with van der Waals surface area (Å²) in [5.41, 5.74) is 1.92. The zero-order valence-electron chi connectivity index (χ0n) is 14.5. The Balaban J connectivity index is 1.36. The number of methoxy groups -OCH3 is 1. The largest absolute Gasteiger partial charge is 0.497 e. The maximum Gasteiger partial charge on any atom is 0.299 e. The first kappa shape index (κ1) is 16.4. The van der Waals surface area contributed by atoms with Crippen LogP contribution in [0.3, 0.4) is 0 Å². The van der Waals surface area contributed by atoms with E-state index in [1.54, 1.807) is 25.4 Å². The Bertz CT molecular complexity index is 883. The van der Waals surface area contributed by atoms with Gasteiger partial charge in [-0.1, -0.05) is 6.07 Å². The number of aromatic nitrogens is 2. The van der Waals surface area contributed by atoms with Crippen LogP contribution in [0, 0.1) is 0 Å². The molecule has 1 saturated heterocycles. The van der Waals surface area contributed by atoms with Gasteiger partial charge >= 0.3 is 0 Å². The molecule has 1 aliphatic heterocycles. The molecule has 134 valence electrons. The molecular formula is C19H20N4O3. The highest BCUT2D eigenvalue weighted by molar-refractivity contribution is 5.94. The van der Waals surface area contributed by atoms with Crippen molar-refractivity contribution in [2.75, 3.05) is 25.1 Å². The van der Waals surface area contributed by atoms with Gasteiger partial charge in [-0.25, -0.2) is 4.98 Å². The van der Waals surface area contributed by atoms with Crippen molar-refractivity contribution in [1.82, 2.24) is 15.3 Å². The molecule has 0 aliphatic carbocycles. The second-order valence-electron chi connectivity index (χ2n) is 6.29. The number of ether oxygens (including phenoxy) is 1. The van der Waals surface area contributed by atoms with E-state index in [1.807, 2.05) is 24.3 Å². The number of rotatable bonds is 4. The lowest BCUT2D eigenvalue weighted by atomic mass is 10.0. The van der Waals surface area contributed by atoms with Crippen LogP contribution in [0.25, 0.3) is 11.2 Å². The third kappa shape index (κ3) is 3.33. The maximum absolute atomic E-state index is 12.4. The van der Waals surface area contributed by atoms with Gasteiger partial charge in [0.2, 0.25) is 5.65 Å². The summed E-state index contributed by atoms with van der Waals surface area (Å²) < 4.78 is 10.9. The Morgan fingerprint density at radius 3 is 2.88 bits per heavy atom. The van der Waals surface area contributed by atoms with Crippen LogP contribution in [0.4, 0.5) is 6.01 Å². The first-order valence-corrected chi connectivity index (χ1v) is 8.64. The van der Waals surface area contributed by atoms with Crippen molar-refractivity contribution >= 4 is 23.2 Å². The standard InChI is InChI=1S/C19H20N4O3/c1-25-15-5-2-4-13(12-15)18(24)21-14-7-10-23(11-8-14)19-22-17-16(26-19)6-3-9-20-17/h2-6,9,12,14H,7-8,10-11H2,1H3,(H,21,24). The van der Waals surface area contributed by atoms with E-state index in [1.165, 1.54) is 0 Å². The summed E-state index contributed by atoms with van der Waals surface area (Å²) in [6.07, 6.45) is 3.37. The summed E-state index contributed by atoms with van der Waals surface area (Å²) in [6.45, 7) is 1.55. The number of carbonyl (C=O) groups is 1. The number of oxazole rings is 1. The van der Waals surface area contributed by atoms with Crippen molar-refractivity contribution in [2.24, 2.45) is 0 Å². The topological polar surface area (TPSA) is 80.5 Å². The number of benzene rings is 1. The van der Waals surface area contributed by atoms with Crippen LogP contribution >= 0.6 is 0 Å². The highest BCUT2D eigenvalue weighted by Crippen LogP contribution is 2.23. The molecule has 26 heavy (non-hydrogen) atoms. The van der Waals surface area contributed by atoms with Crippen molar-refractivity contribution in [3.63, 3.8) is 0 Å². The molecule has 4 rings (SSSR count). The molecule has 0 spiro atoms. The first-order chi connectivity index (χ1) is 12.7. The van der Waals surface area contributed by atoms with Gasteiger partial charge in [-0.15, -0.1) is 0 Å². The molecule has 0 bridgehead atoms. The third-order valence-corrected chi connectivity index (χ3v) is 4.59. The summed E-state index contributed by atoms with van der Waals surface area (Å²) in [4.78, 5) is 23.2. The highest BCUT2D eigenvalue weighted by Gasteiger charge is 2.24.